The molecule has 0 saturated heterocycles. The molecule has 1 heterocycles. The van der Waals surface area contributed by atoms with Gasteiger partial charge in [-0.3, -0.25) is 0 Å². The summed E-state index contributed by atoms with van der Waals surface area (Å²) in [5.74, 6) is -0.228. The number of hydrogen-bond acceptors (Lipinski definition) is 5. The first kappa shape index (κ1) is 14.5. The smallest absolute Gasteiger partial charge is 0.214 e. The van der Waals surface area contributed by atoms with Crippen LogP contribution in [0.3, 0.4) is 0 Å². The van der Waals surface area contributed by atoms with Crippen molar-refractivity contribution in [2.75, 3.05) is 7.05 Å². The minimum absolute atomic E-state index is 0.228. The van der Waals surface area contributed by atoms with Gasteiger partial charge in [0.15, 0.2) is 0 Å². The van der Waals surface area contributed by atoms with Crippen LogP contribution in [-0.2, 0) is 6.54 Å². The number of hydrogen-bond donors (Lipinski definition) is 1. The zero-order valence-corrected chi connectivity index (χ0v) is 12.7. The van der Waals surface area contributed by atoms with E-state index < -0.39 is 0 Å². The van der Waals surface area contributed by atoms with Gasteiger partial charge in [0.2, 0.25) is 5.16 Å². The van der Waals surface area contributed by atoms with E-state index in [1.54, 1.807) is 6.07 Å². The molecule has 2 aromatic rings. The van der Waals surface area contributed by atoms with E-state index in [9.17, 15) is 4.39 Å². The molecule has 0 aliphatic heterocycles. The van der Waals surface area contributed by atoms with Crippen molar-refractivity contribution in [1.29, 1.82) is 0 Å². The fraction of sp³-hybridized carbons (Fsp3) is 0.500. The average Bonchev–Trinajstić information content (AvgIpc) is 3.13. The van der Waals surface area contributed by atoms with Crippen molar-refractivity contribution < 1.29 is 4.39 Å². The Morgan fingerprint density at radius 3 is 2.95 bits per heavy atom. The van der Waals surface area contributed by atoms with E-state index in [0.29, 0.717) is 22.6 Å². The summed E-state index contributed by atoms with van der Waals surface area (Å²) in [4.78, 5) is 0.598. The largest absolute Gasteiger partial charge is 0.316 e. The Hall–Kier alpha value is -1.47. The van der Waals surface area contributed by atoms with Crippen LogP contribution >= 0.6 is 11.8 Å². The molecule has 5 nitrogen and oxygen atoms in total. The summed E-state index contributed by atoms with van der Waals surface area (Å²) in [5, 5.41) is 15.7. The van der Waals surface area contributed by atoms with Gasteiger partial charge in [0.05, 0.1) is 10.9 Å². The average molecular weight is 307 g/mol. The van der Waals surface area contributed by atoms with Gasteiger partial charge in [-0.25, -0.2) is 9.07 Å². The Labute approximate surface area is 127 Å². The van der Waals surface area contributed by atoms with Crippen LogP contribution in [0.4, 0.5) is 4.39 Å². The second-order valence-corrected chi connectivity index (χ2v) is 6.18. The highest BCUT2D eigenvalue weighted by Gasteiger charge is 2.23. The van der Waals surface area contributed by atoms with Gasteiger partial charge < -0.3 is 5.32 Å². The third-order valence-corrected chi connectivity index (χ3v) is 4.85. The van der Waals surface area contributed by atoms with Crippen molar-refractivity contribution >= 4 is 11.8 Å². The Morgan fingerprint density at radius 1 is 1.38 bits per heavy atom. The molecule has 112 valence electrons. The Morgan fingerprint density at radius 2 is 2.19 bits per heavy atom. The molecule has 0 spiro atoms. The molecule has 3 rings (SSSR count). The number of tetrazole rings is 1. The lowest BCUT2D eigenvalue weighted by molar-refractivity contribution is 0.423. The summed E-state index contributed by atoms with van der Waals surface area (Å²) in [6.07, 6.45) is 4.61. The maximum absolute atomic E-state index is 14.1. The van der Waals surface area contributed by atoms with Crippen LogP contribution in [0.5, 0.6) is 0 Å². The first-order chi connectivity index (χ1) is 10.3. The SMILES string of the molecule is CNCc1cccc(F)c1Sc1nnnn1C1CCCC1. The van der Waals surface area contributed by atoms with Crippen molar-refractivity contribution in [3.05, 3.63) is 29.6 Å². The molecule has 21 heavy (non-hydrogen) atoms. The Kier molecular flexibility index (Phi) is 4.50. The molecule has 0 bridgehead atoms. The molecule has 7 heteroatoms. The molecular weight excluding hydrogens is 289 g/mol. The van der Waals surface area contributed by atoms with E-state index in [2.05, 4.69) is 20.8 Å². The summed E-state index contributed by atoms with van der Waals surface area (Å²) < 4.78 is 16.0. The van der Waals surface area contributed by atoms with Crippen LogP contribution in [0.15, 0.2) is 28.3 Å². The molecule has 0 atom stereocenters. The lowest BCUT2D eigenvalue weighted by atomic mass is 10.2. The van der Waals surface area contributed by atoms with Crippen molar-refractivity contribution in [2.24, 2.45) is 0 Å². The zero-order chi connectivity index (χ0) is 14.7. The summed E-state index contributed by atoms with van der Waals surface area (Å²) >= 11 is 1.31. The van der Waals surface area contributed by atoms with Gasteiger partial charge in [-0.05, 0) is 53.7 Å². The first-order valence-corrected chi connectivity index (χ1v) is 7.99. The van der Waals surface area contributed by atoms with E-state index >= 15 is 0 Å². The van der Waals surface area contributed by atoms with Crippen LogP contribution in [-0.4, -0.2) is 27.3 Å². The van der Waals surface area contributed by atoms with E-state index in [1.807, 2.05) is 17.8 Å². The second kappa shape index (κ2) is 6.53. The molecule has 0 radical (unpaired) electrons. The van der Waals surface area contributed by atoms with Gasteiger partial charge in [0.1, 0.15) is 5.82 Å². The van der Waals surface area contributed by atoms with Gasteiger partial charge in [-0.2, -0.15) is 0 Å². The Balaban J connectivity index is 1.89. The summed E-state index contributed by atoms with van der Waals surface area (Å²) in [5.41, 5.74) is 0.920. The van der Waals surface area contributed by atoms with Gasteiger partial charge >= 0.3 is 0 Å². The molecule has 1 N–H and O–H groups in total. The summed E-state index contributed by atoms with van der Waals surface area (Å²) in [6, 6.07) is 5.48. The highest BCUT2D eigenvalue weighted by molar-refractivity contribution is 7.99. The highest BCUT2D eigenvalue weighted by atomic mass is 32.2. The molecule has 1 aliphatic carbocycles. The quantitative estimate of drug-likeness (QED) is 0.920. The van der Waals surface area contributed by atoms with Crippen molar-refractivity contribution in [3.63, 3.8) is 0 Å². The predicted octanol–water partition coefficient (Wildman–Crippen LogP) is 2.80. The maximum Gasteiger partial charge on any atom is 0.214 e. The number of nitrogens with zero attached hydrogens (tertiary/aromatic N) is 4. The number of rotatable bonds is 5. The zero-order valence-electron chi connectivity index (χ0n) is 11.9. The van der Waals surface area contributed by atoms with Gasteiger partial charge in [-0.15, -0.1) is 5.10 Å². The monoisotopic (exact) mass is 307 g/mol. The topological polar surface area (TPSA) is 55.6 Å². The first-order valence-electron chi connectivity index (χ1n) is 7.17. The van der Waals surface area contributed by atoms with E-state index in [-0.39, 0.29) is 5.82 Å². The fourth-order valence-corrected chi connectivity index (χ4v) is 3.70. The van der Waals surface area contributed by atoms with Crippen molar-refractivity contribution in [1.82, 2.24) is 25.5 Å². The molecule has 1 aromatic carbocycles. The minimum atomic E-state index is -0.228. The third-order valence-electron chi connectivity index (χ3n) is 3.74. The summed E-state index contributed by atoms with van der Waals surface area (Å²) in [6.45, 7) is 0.616. The van der Waals surface area contributed by atoms with E-state index in [1.165, 1.54) is 30.7 Å². The third kappa shape index (κ3) is 3.08. The maximum atomic E-state index is 14.1. The highest BCUT2D eigenvalue weighted by Crippen LogP contribution is 2.35. The van der Waals surface area contributed by atoms with Crippen molar-refractivity contribution in [3.8, 4) is 0 Å². The lowest BCUT2D eigenvalue weighted by Gasteiger charge is -2.13. The van der Waals surface area contributed by atoms with Gasteiger partial charge in [0.25, 0.3) is 0 Å². The van der Waals surface area contributed by atoms with Crippen LogP contribution in [0, 0.1) is 5.82 Å². The van der Waals surface area contributed by atoms with Crippen LogP contribution < -0.4 is 5.32 Å². The molecule has 1 saturated carbocycles. The minimum Gasteiger partial charge on any atom is -0.316 e. The second-order valence-electron chi connectivity index (χ2n) is 5.20. The summed E-state index contributed by atoms with van der Waals surface area (Å²) in [7, 11) is 1.85. The predicted molar refractivity (Wildman–Crippen MR) is 78.6 cm³/mol. The molecule has 0 unspecified atom stereocenters. The van der Waals surface area contributed by atoms with Gasteiger partial charge in [-0.1, -0.05) is 25.0 Å². The fourth-order valence-electron chi connectivity index (χ4n) is 2.72. The van der Waals surface area contributed by atoms with Gasteiger partial charge in [0, 0.05) is 6.54 Å². The lowest BCUT2D eigenvalue weighted by Crippen LogP contribution is -2.10. The van der Waals surface area contributed by atoms with Crippen LogP contribution in [0.2, 0.25) is 0 Å². The number of aromatic nitrogens is 4. The molecule has 1 aliphatic rings. The van der Waals surface area contributed by atoms with E-state index in [0.717, 1.165) is 18.4 Å². The molecular formula is C14H18FN5S. The number of benzene rings is 1. The normalized spacial score (nSPS) is 15.7. The molecule has 1 fully saturated rings. The molecule has 0 amide bonds. The van der Waals surface area contributed by atoms with Crippen LogP contribution in [0.25, 0.3) is 0 Å². The molecule has 1 aromatic heterocycles. The number of nitrogens with one attached hydrogen (secondary N) is 1. The van der Waals surface area contributed by atoms with Crippen molar-refractivity contribution in [2.45, 2.75) is 48.3 Å². The van der Waals surface area contributed by atoms with E-state index in [4.69, 9.17) is 0 Å². The number of halogens is 1. The standard InChI is InChI=1S/C14H18FN5S/c1-16-9-10-5-4-8-12(15)13(10)21-14-17-18-19-20(14)11-6-2-3-7-11/h4-5,8,11,16H,2-3,6-7,9H2,1H3. The van der Waals surface area contributed by atoms with Crippen LogP contribution in [0.1, 0.15) is 37.3 Å². The Bertz CT molecular complexity index is 609.